The zero-order valence-corrected chi connectivity index (χ0v) is 21.3. The fraction of sp³-hybridized carbons (Fsp3) is 0.364. The van der Waals surface area contributed by atoms with E-state index in [0.29, 0.717) is 23.7 Å². The second-order valence-electron chi connectivity index (χ2n) is 7.16. The Labute approximate surface area is 203 Å². The largest absolute Gasteiger partial charge is 0.494 e. The first-order chi connectivity index (χ1) is 14.4. The van der Waals surface area contributed by atoms with Crippen LogP contribution in [-0.2, 0) is 4.79 Å². The van der Waals surface area contributed by atoms with Crippen molar-refractivity contribution < 1.29 is 9.53 Å². The minimum absolute atomic E-state index is 0. The fourth-order valence-electron chi connectivity index (χ4n) is 2.93. The van der Waals surface area contributed by atoms with Gasteiger partial charge in [-0.05, 0) is 56.9 Å². The summed E-state index contributed by atoms with van der Waals surface area (Å²) >= 11 is 9.14. The molecule has 0 spiro atoms. The topological polar surface area (TPSA) is 45.7 Å². The van der Waals surface area contributed by atoms with Crippen molar-refractivity contribution in [2.45, 2.75) is 18.2 Å². The van der Waals surface area contributed by atoms with E-state index in [9.17, 15) is 4.79 Å². The average molecular weight is 501 g/mol. The molecule has 3 rings (SSSR count). The number of carbonyl (C=O) groups is 1. The first-order valence-corrected chi connectivity index (χ1v) is 11.8. The van der Waals surface area contributed by atoms with Gasteiger partial charge >= 0.3 is 0 Å². The number of halogens is 2. The highest BCUT2D eigenvalue weighted by atomic mass is 35.5. The van der Waals surface area contributed by atoms with Crippen molar-refractivity contribution in [2.24, 2.45) is 0 Å². The number of hydrogen-bond donors (Lipinski definition) is 0. The molecular weight excluding hydrogens is 473 g/mol. The molecule has 9 heteroatoms. The quantitative estimate of drug-likeness (QED) is 0.350. The van der Waals surface area contributed by atoms with Gasteiger partial charge in [-0.15, -0.1) is 24.2 Å². The zero-order chi connectivity index (χ0) is 21.7. The number of thioether (sulfide) groups is 1. The minimum Gasteiger partial charge on any atom is -0.494 e. The van der Waals surface area contributed by atoms with E-state index in [-0.39, 0.29) is 18.3 Å². The highest BCUT2D eigenvalue weighted by Crippen LogP contribution is 2.36. The molecular formula is C22H27Cl2N3O2S2. The SMILES string of the molecule is COc1ccc(C)c2sc(N(CCN(C)C)C(=O)CCSc3ccc(Cl)cc3)nc12.Cl. The number of carbonyl (C=O) groups excluding carboxylic acids is 1. The number of ether oxygens (including phenoxy) is 1. The van der Waals surface area contributed by atoms with Crippen LogP contribution in [0.3, 0.4) is 0 Å². The average Bonchev–Trinajstić information content (AvgIpc) is 3.16. The maximum atomic E-state index is 13.1. The van der Waals surface area contributed by atoms with E-state index in [1.54, 1.807) is 30.2 Å². The van der Waals surface area contributed by atoms with Gasteiger partial charge < -0.3 is 9.64 Å². The Kier molecular flexibility index (Phi) is 9.90. The molecule has 0 aliphatic rings. The number of thiazole rings is 1. The molecule has 3 aromatic rings. The molecule has 1 amide bonds. The summed E-state index contributed by atoms with van der Waals surface area (Å²) in [5, 5.41) is 1.44. The van der Waals surface area contributed by atoms with Crippen LogP contribution in [0.15, 0.2) is 41.3 Å². The van der Waals surface area contributed by atoms with Crippen molar-refractivity contribution in [3.8, 4) is 5.75 Å². The van der Waals surface area contributed by atoms with Gasteiger partial charge in [0.05, 0.1) is 11.8 Å². The number of aryl methyl sites for hydroxylation is 1. The molecule has 0 unspecified atom stereocenters. The smallest absolute Gasteiger partial charge is 0.229 e. The molecule has 0 fully saturated rings. The fourth-order valence-corrected chi connectivity index (χ4v) is 4.99. The van der Waals surface area contributed by atoms with E-state index in [4.69, 9.17) is 21.3 Å². The number of likely N-dealkylation sites (N-methyl/N-ethyl adjacent to an activating group) is 1. The molecule has 1 heterocycles. The number of fused-ring (bicyclic) bond motifs is 1. The summed E-state index contributed by atoms with van der Waals surface area (Å²) in [4.78, 5) is 22.9. The summed E-state index contributed by atoms with van der Waals surface area (Å²) in [6.45, 7) is 3.42. The van der Waals surface area contributed by atoms with Crippen molar-refractivity contribution in [3.63, 3.8) is 0 Å². The number of amides is 1. The molecule has 0 aliphatic heterocycles. The third kappa shape index (κ3) is 6.73. The lowest BCUT2D eigenvalue weighted by molar-refractivity contribution is -0.118. The first kappa shape index (κ1) is 25.7. The summed E-state index contributed by atoms with van der Waals surface area (Å²) in [7, 11) is 5.65. The second kappa shape index (κ2) is 11.9. The van der Waals surface area contributed by atoms with E-state index in [1.165, 1.54) is 0 Å². The van der Waals surface area contributed by atoms with Crippen LogP contribution in [0, 0.1) is 6.92 Å². The predicted molar refractivity (Wildman–Crippen MR) is 136 cm³/mol. The van der Waals surface area contributed by atoms with Crippen molar-refractivity contribution in [3.05, 3.63) is 47.0 Å². The van der Waals surface area contributed by atoms with Crippen LogP contribution in [-0.4, -0.2) is 55.8 Å². The Hall–Kier alpha value is -1.51. The Morgan fingerprint density at radius 2 is 1.87 bits per heavy atom. The molecule has 0 bridgehead atoms. The van der Waals surface area contributed by atoms with Crippen LogP contribution >= 0.6 is 47.1 Å². The number of nitrogens with zero attached hydrogens (tertiary/aromatic N) is 3. The summed E-state index contributed by atoms with van der Waals surface area (Å²) in [5.41, 5.74) is 1.95. The summed E-state index contributed by atoms with van der Waals surface area (Å²) in [5.74, 6) is 1.51. The van der Waals surface area contributed by atoms with Crippen molar-refractivity contribution in [2.75, 3.05) is 44.9 Å². The highest BCUT2D eigenvalue weighted by Gasteiger charge is 2.21. The van der Waals surface area contributed by atoms with Crippen molar-refractivity contribution in [1.29, 1.82) is 0 Å². The van der Waals surface area contributed by atoms with Gasteiger partial charge in [0.15, 0.2) is 5.13 Å². The lowest BCUT2D eigenvalue weighted by atomic mass is 10.2. The molecule has 31 heavy (non-hydrogen) atoms. The van der Waals surface area contributed by atoms with Crippen molar-refractivity contribution in [1.82, 2.24) is 9.88 Å². The highest BCUT2D eigenvalue weighted by molar-refractivity contribution is 7.99. The van der Waals surface area contributed by atoms with Gasteiger partial charge in [0.25, 0.3) is 0 Å². The molecule has 0 radical (unpaired) electrons. The van der Waals surface area contributed by atoms with E-state index >= 15 is 0 Å². The Balaban J connectivity index is 0.00000341. The predicted octanol–water partition coefficient (Wildman–Crippen LogP) is 5.77. The molecule has 0 N–H and O–H groups in total. The number of rotatable bonds is 9. The second-order valence-corrected chi connectivity index (χ2v) is 9.74. The molecule has 0 saturated heterocycles. The maximum Gasteiger partial charge on any atom is 0.229 e. The van der Waals surface area contributed by atoms with Crippen LogP contribution in [0.2, 0.25) is 5.02 Å². The van der Waals surface area contributed by atoms with Crippen molar-refractivity contribution >= 4 is 68.4 Å². The van der Waals surface area contributed by atoms with E-state index in [0.717, 1.165) is 38.1 Å². The number of anilines is 1. The van der Waals surface area contributed by atoms with Gasteiger partial charge in [0, 0.05) is 35.2 Å². The number of benzene rings is 2. The van der Waals surface area contributed by atoms with Gasteiger partial charge in [-0.3, -0.25) is 9.69 Å². The Morgan fingerprint density at radius 3 is 2.52 bits per heavy atom. The summed E-state index contributed by atoms with van der Waals surface area (Å²) < 4.78 is 6.53. The Bertz CT molecular complexity index is 1010. The van der Waals surface area contributed by atoms with Gasteiger partial charge in [-0.1, -0.05) is 29.0 Å². The van der Waals surface area contributed by atoms with Crippen LogP contribution in [0.25, 0.3) is 10.2 Å². The van der Waals surface area contributed by atoms with E-state index in [1.807, 2.05) is 55.4 Å². The third-order valence-corrected chi connectivity index (χ3v) is 7.09. The number of methoxy groups -OCH3 is 1. The van der Waals surface area contributed by atoms with Crippen LogP contribution in [0.4, 0.5) is 5.13 Å². The van der Waals surface area contributed by atoms with Gasteiger partial charge in [0.2, 0.25) is 5.91 Å². The van der Waals surface area contributed by atoms with Gasteiger partial charge in [0.1, 0.15) is 11.3 Å². The Morgan fingerprint density at radius 1 is 1.16 bits per heavy atom. The standard InChI is InChI=1S/C22H26ClN3O2S2.ClH/c1-15-5-10-18(28-4)20-21(15)30-22(24-20)26(13-12-25(2)3)19(27)11-14-29-17-8-6-16(23)7-9-17;/h5-10H,11-14H2,1-4H3;1H. The molecule has 5 nitrogen and oxygen atoms in total. The maximum absolute atomic E-state index is 13.1. The van der Waals surface area contributed by atoms with Crippen LogP contribution < -0.4 is 9.64 Å². The molecule has 2 aromatic carbocycles. The summed E-state index contributed by atoms with van der Waals surface area (Å²) in [6, 6.07) is 11.6. The number of hydrogen-bond acceptors (Lipinski definition) is 6. The van der Waals surface area contributed by atoms with Gasteiger partial charge in [-0.2, -0.15) is 0 Å². The lowest BCUT2D eigenvalue weighted by Gasteiger charge is -2.22. The van der Waals surface area contributed by atoms with Crippen LogP contribution in [0.5, 0.6) is 5.75 Å². The molecule has 0 atom stereocenters. The lowest BCUT2D eigenvalue weighted by Crippen LogP contribution is -2.36. The monoisotopic (exact) mass is 499 g/mol. The molecule has 1 aromatic heterocycles. The molecule has 168 valence electrons. The zero-order valence-electron chi connectivity index (χ0n) is 18.1. The van der Waals surface area contributed by atoms with E-state index in [2.05, 4.69) is 11.8 Å². The number of aromatic nitrogens is 1. The molecule has 0 saturated carbocycles. The van der Waals surface area contributed by atoms with Crippen LogP contribution in [0.1, 0.15) is 12.0 Å². The third-order valence-electron chi connectivity index (χ3n) is 4.61. The molecule has 0 aliphatic carbocycles. The first-order valence-electron chi connectivity index (χ1n) is 9.66. The minimum atomic E-state index is 0. The van der Waals surface area contributed by atoms with E-state index < -0.39 is 0 Å². The van der Waals surface area contributed by atoms with Gasteiger partial charge in [-0.25, -0.2) is 4.98 Å². The normalized spacial score (nSPS) is 10.9. The summed E-state index contributed by atoms with van der Waals surface area (Å²) in [6.07, 6.45) is 0.437.